The summed E-state index contributed by atoms with van der Waals surface area (Å²) in [5, 5.41) is 2.80. The number of ether oxygens (including phenoxy) is 2. The zero-order chi connectivity index (χ0) is 13.4. The summed E-state index contributed by atoms with van der Waals surface area (Å²) in [6, 6.07) is 5.13. The van der Waals surface area contributed by atoms with E-state index in [0.717, 1.165) is 6.42 Å². The van der Waals surface area contributed by atoms with E-state index in [0.29, 0.717) is 30.2 Å². The Morgan fingerprint density at radius 3 is 2.83 bits per heavy atom. The molecule has 4 heteroatoms. The molecule has 0 aliphatic rings. The normalized spacial score (nSPS) is 9.67. The van der Waals surface area contributed by atoms with Crippen LogP contribution in [0.1, 0.15) is 23.7 Å². The molecule has 1 aromatic carbocycles. The Morgan fingerprint density at radius 2 is 2.22 bits per heavy atom. The highest BCUT2D eigenvalue weighted by Crippen LogP contribution is 2.27. The fourth-order valence-electron chi connectivity index (χ4n) is 1.48. The van der Waals surface area contributed by atoms with E-state index in [-0.39, 0.29) is 5.91 Å². The second-order valence-electron chi connectivity index (χ2n) is 3.63. The number of amides is 1. The maximum atomic E-state index is 11.8. The van der Waals surface area contributed by atoms with Gasteiger partial charge in [0.25, 0.3) is 5.91 Å². The quantitative estimate of drug-likeness (QED) is 0.596. The Hall–Kier alpha value is -1.97. The first-order valence-electron chi connectivity index (χ1n) is 5.92. The summed E-state index contributed by atoms with van der Waals surface area (Å²) in [7, 11) is 1.57. The smallest absolute Gasteiger partial charge is 0.251 e. The monoisotopic (exact) mass is 249 g/mol. The molecule has 98 valence electrons. The molecule has 0 saturated heterocycles. The molecule has 1 aromatic rings. The molecule has 1 amide bonds. The third-order valence-electron chi connectivity index (χ3n) is 2.36. The minimum Gasteiger partial charge on any atom is -0.493 e. The predicted molar refractivity (Wildman–Crippen MR) is 71.3 cm³/mol. The zero-order valence-electron chi connectivity index (χ0n) is 10.9. The molecule has 0 bridgehead atoms. The van der Waals surface area contributed by atoms with E-state index >= 15 is 0 Å². The minimum atomic E-state index is -0.125. The van der Waals surface area contributed by atoms with Crippen molar-refractivity contribution in [2.45, 2.75) is 13.3 Å². The first-order valence-corrected chi connectivity index (χ1v) is 5.92. The van der Waals surface area contributed by atoms with E-state index in [9.17, 15) is 4.79 Å². The van der Waals surface area contributed by atoms with Gasteiger partial charge in [-0.2, -0.15) is 0 Å². The number of hydrogen-bond donors (Lipinski definition) is 1. The minimum absolute atomic E-state index is 0.125. The topological polar surface area (TPSA) is 47.6 Å². The molecule has 0 atom stereocenters. The van der Waals surface area contributed by atoms with Crippen LogP contribution in [0.3, 0.4) is 0 Å². The average Bonchev–Trinajstić information content (AvgIpc) is 2.39. The van der Waals surface area contributed by atoms with Gasteiger partial charge in [0.05, 0.1) is 13.7 Å². The lowest BCUT2D eigenvalue weighted by atomic mass is 10.2. The number of nitrogens with one attached hydrogen (secondary N) is 1. The standard InChI is InChI=1S/C14H19NO3/c1-4-6-9-15-14(16)11-7-8-12(17-3)13(10-11)18-5-2/h4,7-8,10H,1,5-6,9H2,2-3H3,(H,15,16). The largest absolute Gasteiger partial charge is 0.493 e. The van der Waals surface area contributed by atoms with Crippen molar-refractivity contribution in [2.24, 2.45) is 0 Å². The molecule has 1 rings (SSSR count). The fraction of sp³-hybridized carbons (Fsp3) is 0.357. The highest BCUT2D eigenvalue weighted by atomic mass is 16.5. The van der Waals surface area contributed by atoms with Crippen molar-refractivity contribution >= 4 is 5.91 Å². The molecular formula is C14H19NO3. The van der Waals surface area contributed by atoms with Crippen molar-refractivity contribution in [3.05, 3.63) is 36.4 Å². The Kier molecular flexibility index (Phi) is 5.77. The van der Waals surface area contributed by atoms with Gasteiger partial charge in [-0.1, -0.05) is 6.08 Å². The Labute approximate surface area is 108 Å². The fourth-order valence-corrected chi connectivity index (χ4v) is 1.48. The van der Waals surface area contributed by atoms with Gasteiger partial charge >= 0.3 is 0 Å². The van der Waals surface area contributed by atoms with E-state index in [1.807, 2.05) is 6.92 Å². The molecule has 0 unspecified atom stereocenters. The molecule has 4 nitrogen and oxygen atoms in total. The van der Waals surface area contributed by atoms with Gasteiger partial charge in [0.15, 0.2) is 11.5 Å². The Morgan fingerprint density at radius 1 is 1.44 bits per heavy atom. The summed E-state index contributed by atoms with van der Waals surface area (Å²) in [4.78, 5) is 11.8. The molecule has 0 aliphatic carbocycles. The molecule has 18 heavy (non-hydrogen) atoms. The van der Waals surface area contributed by atoms with Crippen LogP contribution in [0, 0.1) is 0 Å². The highest BCUT2D eigenvalue weighted by molar-refractivity contribution is 5.94. The van der Waals surface area contributed by atoms with Gasteiger partial charge < -0.3 is 14.8 Å². The molecule has 0 heterocycles. The van der Waals surface area contributed by atoms with Gasteiger partial charge in [0.1, 0.15) is 0 Å². The molecule has 1 N–H and O–H groups in total. The lowest BCUT2D eigenvalue weighted by Gasteiger charge is -2.11. The van der Waals surface area contributed by atoms with Gasteiger partial charge in [-0.3, -0.25) is 4.79 Å². The maximum absolute atomic E-state index is 11.8. The van der Waals surface area contributed by atoms with Crippen LogP contribution >= 0.6 is 0 Å². The SMILES string of the molecule is C=CCCNC(=O)c1ccc(OC)c(OCC)c1. The predicted octanol–water partition coefficient (Wildman–Crippen LogP) is 2.40. The van der Waals surface area contributed by atoms with Crippen LogP contribution < -0.4 is 14.8 Å². The van der Waals surface area contributed by atoms with Crippen LogP contribution in [0.15, 0.2) is 30.9 Å². The molecule has 0 spiro atoms. The number of benzene rings is 1. The van der Waals surface area contributed by atoms with E-state index in [1.165, 1.54) is 0 Å². The molecule has 0 fully saturated rings. The van der Waals surface area contributed by atoms with E-state index in [4.69, 9.17) is 9.47 Å². The number of rotatable bonds is 7. The third kappa shape index (κ3) is 3.80. The first kappa shape index (κ1) is 14.1. The van der Waals surface area contributed by atoms with Gasteiger partial charge in [-0.25, -0.2) is 0 Å². The van der Waals surface area contributed by atoms with Crippen molar-refractivity contribution in [1.29, 1.82) is 0 Å². The first-order chi connectivity index (χ1) is 8.72. The average molecular weight is 249 g/mol. The van der Waals surface area contributed by atoms with Crippen molar-refractivity contribution in [1.82, 2.24) is 5.32 Å². The van der Waals surface area contributed by atoms with Crippen molar-refractivity contribution in [3.63, 3.8) is 0 Å². The van der Waals surface area contributed by atoms with Crippen LogP contribution in [0.2, 0.25) is 0 Å². The summed E-state index contributed by atoms with van der Waals surface area (Å²) in [6.45, 7) is 6.60. The van der Waals surface area contributed by atoms with Crippen LogP contribution in [0.4, 0.5) is 0 Å². The van der Waals surface area contributed by atoms with Crippen LogP contribution in [0.25, 0.3) is 0 Å². The highest BCUT2D eigenvalue weighted by Gasteiger charge is 2.10. The molecule has 0 aliphatic heterocycles. The van der Waals surface area contributed by atoms with Crippen LogP contribution in [-0.4, -0.2) is 26.2 Å². The van der Waals surface area contributed by atoms with E-state index in [2.05, 4.69) is 11.9 Å². The molecule has 0 aromatic heterocycles. The van der Waals surface area contributed by atoms with Gasteiger partial charge in [0.2, 0.25) is 0 Å². The summed E-state index contributed by atoms with van der Waals surface area (Å²) >= 11 is 0. The summed E-state index contributed by atoms with van der Waals surface area (Å²) in [5.41, 5.74) is 0.559. The Bertz CT molecular complexity index is 416. The zero-order valence-corrected chi connectivity index (χ0v) is 10.9. The summed E-state index contributed by atoms with van der Waals surface area (Å²) in [5.74, 6) is 1.08. The molecule has 0 radical (unpaired) electrons. The number of carbonyl (C=O) groups is 1. The molecular weight excluding hydrogens is 230 g/mol. The Balaban J connectivity index is 2.79. The summed E-state index contributed by atoms with van der Waals surface area (Å²) in [6.07, 6.45) is 2.51. The van der Waals surface area contributed by atoms with Gasteiger partial charge in [-0.05, 0) is 31.5 Å². The van der Waals surface area contributed by atoms with E-state index in [1.54, 1.807) is 31.4 Å². The number of carbonyl (C=O) groups excluding carboxylic acids is 1. The maximum Gasteiger partial charge on any atom is 0.251 e. The number of methoxy groups -OCH3 is 1. The lowest BCUT2D eigenvalue weighted by molar-refractivity contribution is 0.0954. The van der Waals surface area contributed by atoms with Crippen molar-refractivity contribution in [2.75, 3.05) is 20.3 Å². The van der Waals surface area contributed by atoms with Gasteiger partial charge in [-0.15, -0.1) is 6.58 Å². The second kappa shape index (κ2) is 7.37. The van der Waals surface area contributed by atoms with Crippen molar-refractivity contribution < 1.29 is 14.3 Å². The third-order valence-corrected chi connectivity index (χ3v) is 2.36. The van der Waals surface area contributed by atoms with Crippen LogP contribution in [-0.2, 0) is 0 Å². The summed E-state index contributed by atoms with van der Waals surface area (Å²) < 4.78 is 10.6. The van der Waals surface area contributed by atoms with E-state index < -0.39 is 0 Å². The lowest BCUT2D eigenvalue weighted by Crippen LogP contribution is -2.24. The number of hydrogen-bond acceptors (Lipinski definition) is 3. The second-order valence-corrected chi connectivity index (χ2v) is 3.63. The van der Waals surface area contributed by atoms with Gasteiger partial charge in [0, 0.05) is 12.1 Å². The van der Waals surface area contributed by atoms with Crippen molar-refractivity contribution in [3.8, 4) is 11.5 Å². The molecule has 0 saturated carbocycles. The van der Waals surface area contributed by atoms with Crippen LogP contribution in [0.5, 0.6) is 11.5 Å².